The maximum Gasteiger partial charge on any atom is 0.196 e. The smallest absolute Gasteiger partial charge is 0.196 e. The van der Waals surface area contributed by atoms with E-state index in [9.17, 15) is 4.79 Å². The van der Waals surface area contributed by atoms with Gasteiger partial charge in [-0.2, -0.15) is 0 Å². The first-order chi connectivity index (χ1) is 6.40. The Morgan fingerprint density at radius 3 is 2.69 bits per heavy atom. The van der Waals surface area contributed by atoms with Crippen LogP contribution >= 0.6 is 0 Å². The summed E-state index contributed by atoms with van der Waals surface area (Å²) >= 11 is 0. The highest BCUT2D eigenvalue weighted by molar-refractivity contribution is 5.71. The number of anilines is 1. The molecule has 0 aromatic carbocycles. The molecule has 0 bridgehead atoms. The number of nitrogens with zero attached hydrogens (tertiary/aromatic N) is 1. The van der Waals surface area contributed by atoms with Crippen molar-refractivity contribution in [3.05, 3.63) is 17.9 Å². The van der Waals surface area contributed by atoms with Gasteiger partial charge in [-0.1, -0.05) is 0 Å². The lowest BCUT2D eigenvalue weighted by atomic mass is 10.4. The molecule has 4 heteroatoms. The van der Waals surface area contributed by atoms with Crippen LogP contribution in [0, 0.1) is 0 Å². The summed E-state index contributed by atoms with van der Waals surface area (Å²) in [6.07, 6.45) is 0.712. The number of aldehydes is 1. The van der Waals surface area contributed by atoms with Crippen LogP contribution < -0.4 is 4.90 Å². The summed E-state index contributed by atoms with van der Waals surface area (Å²) in [5.74, 6) is 1.13. The molecule has 0 amide bonds. The van der Waals surface area contributed by atoms with Gasteiger partial charge in [0.15, 0.2) is 17.9 Å². The van der Waals surface area contributed by atoms with E-state index in [1.54, 1.807) is 6.07 Å². The highest BCUT2D eigenvalue weighted by Crippen LogP contribution is 2.18. The van der Waals surface area contributed by atoms with Gasteiger partial charge in [0.1, 0.15) is 0 Å². The quantitative estimate of drug-likeness (QED) is 0.636. The average Bonchev–Trinajstić information content (AvgIpc) is 2.67. The molecular weight excluding hydrogens is 170 g/mol. The van der Waals surface area contributed by atoms with Crippen molar-refractivity contribution < 1.29 is 13.9 Å². The number of hydrogen-bond acceptors (Lipinski definition) is 4. The molecule has 1 saturated heterocycles. The minimum atomic E-state index is 0.376. The van der Waals surface area contributed by atoms with Gasteiger partial charge in [0.2, 0.25) is 0 Å². The zero-order valence-corrected chi connectivity index (χ0v) is 7.23. The lowest BCUT2D eigenvalue weighted by Gasteiger charge is -2.26. The Hall–Kier alpha value is -1.29. The Labute approximate surface area is 76.1 Å². The van der Waals surface area contributed by atoms with E-state index in [2.05, 4.69) is 4.90 Å². The first kappa shape index (κ1) is 8.31. The summed E-state index contributed by atoms with van der Waals surface area (Å²) in [5, 5.41) is 0. The van der Waals surface area contributed by atoms with Gasteiger partial charge in [0, 0.05) is 19.2 Å². The maximum atomic E-state index is 10.4. The fourth-order valence-electron chi connectivity index (χ4n) is 1.36. The monoisotopic (exact) mass is 181 g/mol. The largest absolute Gasteiger partial charge is 0.438 e. The van der Waals surface area contributed by atoms with Crippen LogP contribution in [0.3, 0.4) is 0 Å². The fraction of sp³-hybridized carbons (Fsp3) is 0.444. The molecular formula is C9H11NO3. The number of morpholine rings is 1. The Morgan fingerprint density at radius 1 is 1.31 bits per heavy atom. The SMILES string of the molecule is O=Cc1ccc(N2CCOCC2)o1. The summed E-state index contributed by atoms with van der Waals surface area (Å²) in [6.45, 7) is 3.09. The number of carbonyl (C=O) groups excluding carboxylic acids is 1. The molecule has 2 rings (SSSR count). The van der Waals surface area contributed by atoms with Crippen molar-refractivity contribution in [2.45, 2.75) is 0 Å². The van der Waals surface area contributed by atoms with E-state index in [1.165, 1.54) is 0 Å². The molecule has 0 unspecified atom stereocenters. The second-order valence-corrected chi connectivity index (χ2v) is 2.89. The second-order valence-electron chi connectivity index (χ2n) is 2.89. The molecule has 0 atom stereocenters. The molecule has 0 aliphatic carbocycles. The Morgan fingerprint density at radius 2 is 2.08 bits per heavy atom. The molecule has 0 spiro atoms. The molecule has 2 heterocycles. The summed E-state index contributed by atoms with van der Waals surface area (Å²) in [7, 11) is 0. The first-order valence-electron chi connectivity index (χ1n) is 4.28. The third-order valence-electron chi connectivity index (χ3n) is 2.05. The van der Waals surface area contributed by atoms with Crippen LogP contribution in [0.4, 0.5) is 5.88 Å². The van der Waals surface area contributed by atoms with E-state index in [1.807, 2.05) is 6.07 Å². The van der Waals surface area contributed by atoms with Crippen LogP contribution in [0.2, 0.25) is 0 Å². The Bertz CT molecular complexity index is 289. The zero-order valence-electron chi connectivity index (χ0n) is 7.23. The third kappa shape index (κ3) is 1.72. The predicted molar refractivity (Wildman–Crippen MR) is 47.1 cm³/mol. The van der Waals surface area contributed by atoms with Crippen molar-refractivity contribution in [2.24, 2.45) is 0 Å². The van der Waals surface area contributed by atoms with Crippen LogP contribution in [-0.2, 0) is 4.74 Å². The van der Waals surface area contributed by atoms with E-state index in [0.717, 1.165) is 32.2 Å². The predicted octanol–water partition coefficient (Wildman–Crippen LogP) is 0.929. The zero-order chi connectivity index (χ0) is 9.10. The number of furan rings is 1. The van der Waals surface area contributed by atoms with Gasteiger partial charge in [0.25, 0.3) is 0 Å². The van der Waals surface area contributed by atoms with Crippen molar-refractivity contribution in [3.8, 4) is 0 Å². The molecule has 1 fully saturated rings. The molecule has 1 aromatic rings. The van der Waals surface area contributed by atoms with Gasteiger partial charge in [0.05, 0.1) is 13.2 Å². The number of rotatable bonds is 2. The number of hydrogen-bond donors (Lipinski definition) is 0. The van der Waals surface area contributed by atoms with Crippen LogP contribution in [0.15, 0.2) is 16.5 Å². The van der Waals surface area contributed by atoms with Gasteiger partial charge in [-0.05, 0) is 6.07 Å². The molecule has 4 nitrogen and oxygen atoms in total. The van der Waals surface area contributed by atoms with Gasteiger partial charge < -0.3 is 14.1 Å². The summed E-state index contributed by atoms with van der Waals surface area (Å²) in [4.78, 5) is 12.4. The van der Waals surface area contributed by atoms with Gasteiger partial charge in [-0.3, -0.25) is 4.79 Å². The number of ether oxygens (including phenoxy) is 1. The lowest BCUT2D eigenvalue weighted by molar-refractivity contribution is 0.109. The second kappa shape index (κ2) is 3.62. The fourth-order valence-corrected chi connectivity index (χ4v) is 1.36. The maximum absolute atomic E-state index is 10.4. The minimum Gasteiger partial charge on any atom is -0.438 e. The van der Waals surface area contributed by atoms with E-state index < -0.39 is 0 Å². The van der Waals surface area contributed by atoms with Crippen LogP contribution in [0.25, 0.3) is 0 Å². The first-order valence-corrected chi connectivity index (χ1v) is 4.28. The Kier molecular flexibility index (Phi) is 2.31. The molecule has 0 N–H and O–H groups in total. The van der Waals surface area contributed by atoms with Crippen molar-refractivity contribution in [2.75, 3.05) is 31.2 Å². The van der Waals surface area contributed by atoms with Gasteiger partial charge >= 0.3 is 0 Å². The van der Waals surface area contributed by atoms with E-state index in [0.29, 0.717) is 12.0 Å². The van der Waals surface area contributed by atoms with E-state index in [4.69, 9.17) is 9.15 Å². The van der Waals surface area contributed by atoms with E-state index >= 15 is 0 Å². The molecule has 1 aromatic heterocycles. The highest BCUT2D eigenvalue weighted by Gasteiger charge is 2.13. The van der Waals surface area contributed by atoms with Crippen molar-refractivity contribution in [1.29, 1.82) is 0 Å². The van der Waals surface area contributed by atoms with Crippen molar-refractivity contribution >= 4 is 12.2 Å². The van der Waals surface area contributed by atoms with Crippen LogP contribution in [-0.4, -0.2) is 32.6 Å². The summed E-state index contributed by atoms with van der Waals surface area (Å²) in [6, 6.07) is 3.49. The molecule has 13 heavy (non-hydrogen) atoms. The van der Waals surface area contributed by atoms with Crippen molar-refractivity contribution in [1.82, 2.24) is 0 Å². The normalized spacial score (nSPS) is 17.4. The average molecular weight is 181 g/mol. The molecule has 70 valence electrons. The van der Waals surface area contributed by atoms with E-state index in [-0.39, 0.29) is 0 Å². The molecule has 1 aliphatic heterocycles. The summed E-state index contributed by atoms with van der Waals surface area (Å²) in [5.41, 5.74) is 0. The standard InChI is InChI=1S/C9H11NO3/c11-7-8-1-2-9(13-8)10-3-5-12-6-4-10/h1-2,7H,3-6H2. The highest BCUT2D eigenvalue weighted by atomic mass is 16.5. The number of carbonyl (C=O) groups is 1. The van der Waals surface area contributed by atoms with Gasteiger partial charge in [-0.15, -0.1) is 0 Å². The van der Waals surface area contributed by atoms with Crippen molar-refractivity contribution in [3.63, 3.8) is 0 Å². The topological polar surface area (TPSA) is 42.7 Å². The summed E-state index contributed by atoms with van der Waals surface area (Å²) < 4.78 is 10.5. The lowest BCUT2D eigenvalue weighted by Crippen LogP contribution is -2.35. The molecule has 0 saturated carbocycles. The molecule has 1 aliphatic rings. The third-order valence-corrected chi connectivity index (χ3v) is 2.05. The van der Waals surface area contributed by atoms with Crippen LogP contribution in [0.5, 0.6) is 0 Å². The van der Waals surface area contributed by atoms with Crippen LogP contribution in [0.1, 0.15) is 10.6 Å². The Balaban J connectivity index is 2.09. The van der Waals surface area contributed by atoms with Gasteiger partial charge in [-0.25, -0.2) is 0 Å². The molecule has 0 radical (unpaired) electrons. The minimum absolute atomic E-state index is 0.376.